The van der Waals surface area contributed by atoms with E-state index < -0.39 is 17.7 Å². The number of methoxy groups -OCH3 is 2. The molecule has 1 unspecified atom stereocenters. The van der Waals surface area contributed by atoms with Crippen molar-refractivity contribution in [1.29, 1.82) is 0 Å². The van der Waals surface area contributed by atoms with Crippen LogP contribution in [0.5, 0.6) is 23.0 Å². The van der Waals surface area contributed by atoms with Gasteiger partial charge in [0, 0.05) is 17.2 Å². The molecule has 1 N–H and O–H groups in total. The summed E-state index contributed by atoms with van der Waals surface area (Å²) in [5.74, 6) is 0.0826. The van der Waals surface area contributed by atoms with E-state index in [1.54, 1.807) is 13.0 Å². The zero-order chi connectivity index (χ0) is 24.5. The Kier molecular flexibility index (Phi) is 9.74. The number of anilines is 1. The standard InChI is InChI=1S/C22H25Cl2N3O6/c1-6-32-19-9-13(23)8-16(21(19)33-7-2)26-27-20(12(3)28)22(29)25-15-10-14(24)17(30-4)11-18(15)31-5/h8-11,20H,6-7H2,1-5H3,(H,25,29). The topological polar surface area (TPSA) is 108 Å². The van der Waals surface area contributed by atoms with Crippen LogP contribution in [0.4, 0.5) is 11.4 Å². The largest absolute Gasteiger partial charge is 0.495 e. The second kappa shape index (κ2) is 12.3. The summed E-state index contributed by atoms with van der Waals surface area (Å²) < 4.78 is 21.6. The van der Waals surface area contributed by atoms with Crippen molar-refractivity contribution in [2.24, 2.45) is 10.2 Å². The van der Waals surface area contributed by atoms with Gasteiger partial charge in [-0.15, -0.1) is 0 Å². The molecule has 0 radical (unpaired) electrons. The van der Waals surface area contributed by atoms with Gasteiger partial charge in [0.25, 0.3) is 5.91 Å². The molecule has 0 saturated heterocycles. The summed E-state index contributed by atoms with van der Waals surface area (Å²) in [6.45, 7) is 5.55. The lowest BCUT2D eigenvalue weighted by Gasteiger charge is -2.15. The molecular weight excluding hydrogens is 473 g/mol. The Morgan fingerprint density at radius 2 is 1.64 bits per heavy atom. The molecule has 1 atom stereocenters. The molecule has 178 valence electrons. The zero-order valence-electron chi connectivity index (χ0n) is 18.9. The summed E-state index contributed by atoms with van der Waals surface area (Å²) in [7, 11) is 2.87. The molecule has 0 spiro atoms. The summed E-state index contributed by atoms with van der Waals surface area (Å²) in [4.78, 5) is 25.1. The highest BCUT2D eigenvalue weighted by Gasteiger charge is 2.25. The number of benzene rings is 2. The van der Waals surface area contributed by atoms with Gasteiger partial charge in [0.05, 0.1) is 38.1 Å². The Bertz CT molecular complexity index is 1050. The van der Waals surface area contributed by atoms with Crippen molar-refractivity contribution in [1.82, 2.24) is 0 Å². The van der Waals surface area contributed by atoms with Crippen molar-refractivity contribution in [2.75, 3.05) is 32.8 Å². The predicted molar refractivity (Wildman–Crippen MR) is 126 cm³/mol. The number of carbonyl (C=O) groups is 2. The molecule has 9 nitrogen and oxygen atoms in total. The molecule has 0 aliphatic rings. The van der Waals surface area contributed by atoms with Crippen molar-refractivity contribution in [3.05, 3.63) is 34.3 Å². The van der Waals surface area contributed by atoms with E-state index in [0.717, 1.165) is 0 Å². The van der Waals surface area contributed by atoms with Crippen molar-refractivity contribution >= 4 is 46.3 Å². The lowest BCUT2D eigenvalue weighted by Crippen LogP contribution is -2.32. The third kappa shape index (κ3) is 6.72. The number of hydrogen-bond donors (Lipinski definition) is 1. The van der Waals surface area contributed by atoms with E-state index in [2.05, 4.69) is 15.5 Å². The summed E-state index contributed by atoms with van der Waals surface area (Å²) in [5.41, 5.74) is 0.461. The molecule has 1 amide bonds. The SMILES string of the molecule is CCOc1cc(Cl)cc(N=NC(C(C)=O)C(=O)Nc2cc(Cl)c(OC)cc2OC)c1OCC. The number of halogens is 2. The Hall–Kier alpha value is -3.04. The molecule has 2 rings (SSSR count). The molecule has 0 saturated carbocycles. The van der Waals surface area contributed by atoms with Gasteiger partial charge in [-0.25, -0.2) is 0 Å². The minimum Gasteiger partial charge on any atom is -0.495 e. The van der Waals surface area contributed by atoms with Crippen LogP contribution in [-0.2, 0) is 9.59 Å². The molecule has 0 bridgehead atoms. The second-order valence-electron chi connectivity index (χ2n) is 6.52. The maximum Gasteiger partial charge on any atom is 0.258 e. The second-order valence-corrected chi connectivity index (χ2v) is 7.37. The fourth-order valence-corrected chi connectivity index (χ4v) is 3.22. The van der Waals surface area contributed by atoms with E-state index in [-0.39, 0.29) is 16.4 Å². The van der Waals surface area contributed by atoms with E-state index in [9.17, 15) is 9.59 Å². The molecule has 0 aromatic heterocycles. The van der Waals surface area contributed by atoms with Gasteiger partial charge in [-0.3, -0.25) is 9.59 Å². The minimum atomic E-state index is -1.44. The Labute approximate surface area is 202 Å². The van der Waals surface area contributed by atoms with Crippen LogP contribution in [0, 0.1) is 0 Å². The zero-order valence-corrected chi connectivity index (χ0v) is 20.4. The van der Waals surface area contributed by atoms with Crippen molar-refractivity contribution in [3.63, 3.8) is 0 Å². The number of rotatable bonds is 11. The molecule has 11 heteroatoms. The lowest BCUT2D eigenvalue weighted by atomic mass is 10.2. The minimum absolute atomic E-state index is 0.219. The van der Waals surface area contributed by atoms with Crippen LogP contribution < -0.4 is 24.3 Å². The van der Waals surface area contributed by atoms with Crippen LogP contribution in [0.15, 0.2) is 34.5 Å². The number of amides is 1. The van der Waals surface area contributed by atoms with Gasteiger partial charge in [-0.2, -0.15) is 10.2 Å². The van der Waals surface area contributed by atoms with Crippen molar-refractivity contribution in [3.8, 4) is 23.0 Å². The number of nitrogens with one attached hydrogen (secondary N) is 1. The van der Waals surface area contributed by atoms with E-state index >= 15 is 0 Å². The van der Waals surface area contributed by atoms with Crippen LogP contribution in [0.3, 0.4) is 0 Å². The first-order valence-electron chi connectivity index (χ1n) is 9.98. The molecule has 2 aromatic carbocycles. The average molecular weight is 498 g/mol. The van der Waals surface area contributed by atoms with Crippen molar-refractivity contribution < 1.29 is 28.5 Å². The van der Waals surface area contributed by atoms with E-state index in [0.29, 0.717) is 41.2 Å². The van der Waals surface area contributed by atoms with Gasteiger partial charge in [0.2, 0.25) is 6.04 Å². The number of Topliss-reactive ketones (excluding diaryl/α,β-unsaturated/α-hetero) is 1. The van der Waals surface area contributed by atoms with Crippen LogP contribution >= 0.6 is 23.2 Å². The first kappa shape index (κ1) is 26.2. The van der Waals surface area contributed by atoms with Crippen molar-refractivity contribution in [2.45, 2.75) is 26.8 Å². The molecule has 0 aliphatic heterocycles. The number of hydrogen-bond acceptors (Lipinski definition) is 8. The highest BCUT2D eigenvalue weighted by Crippen LogP contribution is 2.41. The normalized spacial score (nSPS) is 11.7. The van der Waals surface area contributed by atoms with Crippen LogP contribution in [0.2, 0.25) is 10.0 Å². The van der Waals surface area contributed by atoms with E-state index in [1.807, 2.05) is 6.92 Å². The van der Waals surface area contributed by atoms with Crippen LogP contribution in [0.25, 0.3) is 0 Å². The van der Waals surface area contributed by atoms with Gasteiger partial charge < -0.3 is 24.3 Å². The first-order chi connectivity index (χ1) is 15.7. The molecule has 33 heavy (non-hydrogen) atoms. The van der Waals surface area contributed by atoms with Gasteiger partial charge in [-0.05, 0) is 32.9 Å². The highest BCUT2D eigenvalue weighted by molar-refractivity contribution is 6.32. The third-order valence-corrected chi connectivity index (χ3v) is 4.75. The average Bonchev–Trinajstić information content (AvgIpc) is 2.76. The number of carbonyl (C=O) groups excluding carboxylic acids is 2. The monoisotopic (exact) mass is 497 g/mol. The highest BCUT2D eigenvalue weighted by atomic mass is 35.5. The third-order valence-electron chi connectivity index (χ3n) is 4.23. The van der Waals surface area contributed by atoms with Crippen LogP contribution in [-0.4, -0.2) is 45.2 Å². The number of nitrogens with zero attached hydrogens (tertiary/aromatic N) is 2. The Morgan fingerprint density at radius 1 is 0.970 bits per heavy atom. The summed E-state index contributed by atoms with van der Waals surface area (Å²) in [5, 5.41) is 11.2. The van der Waals surface area contributed by atoms with Crippen LogP contribution in [0.1, 0.15) is 20.8 Å². The molecule has 0 aliphatic carbocycles. The molecule has 0 fully saturated rings. The predicted octanol–water partition coefficient (Wildman–Crippen LogP) is 5.49. The fourth-order valence-electron chi connectivity index (χ4n) is 2.78. The number of ether oxygens (including phenoxy) is 4. The molecular formula is C22H25Cl2N3O6. The quantitative estimate of drug-likeness (QED) is 0.324. The first-order valence-corrected chi connectivity index (χ1v) is 10.7. The maximum atomic E-state index is 12.9. The number of azo groups is 1. The summed E-state index contributed by atoms with van der Waals surface area (Å²) >= 11 is 12.3. The summed E-state index contributed by atoms with van der Waals surface area (Å²) in [6, 6.07) is 4.60. The Morgan fingerprint density at radius 3 is 2.21 bits per heavy atom. The van der Waals surface area contributed by atoms with E-state index in [1.165, 1.54) is 39.3 Å². The van der Waals surface area contributed by atoms with Gasteiger partial charge in [0.15, 0.2) is 17.3 Å². The molecule has 0 heterocycles. The van der Waals surface area contributed by atoms with E-state index in [4.69, 9.17) is 42.1 Å². The van der Waals surface area contributed by atoms with Gasteiger partial charge >= 0.3 is 0 Å². The number of ketones is 1. The fraction of sp³-hybridized carbons (Fsp3) is 0.364. The lowest BCUT2D eigenvalue weighted by molar-refractivity contribution is -0.126. The molecule has 2 aromatic rings. The van der Waals surface area contributed by atoms with Gasteiger partial charge in [-0.1, -0.05) is 23.2 Å². The summed E-state index contributed by atoms with van der Waals surface area (Å²) in [6.07, 6.45) is 0. The Balaban J connectivity index is 2.38. The maximum absolute atomic E-state index is 12.9. The van der Waals surface area contributed by atoms with Gasteiger partial charge in [0.1, 0.15) is 17.2 Å². The smallest absolute Gasteiger partial charge is 0.258 e.